The number of halogens is 1. The first-order chi connectivity index (χ1) is 13.0. The van der Waals surface area contributed by atoms with Crippen molar-refractivity contribution in [2.75, 3.05) is 5.88 Å². The van der Waals surface area contributed by atoms with Crippen LogP contribution in [0, 0.1) is 0 Å². The van der Waals surface area contributed by atoms with Gasteiger partial charge >= 0.3 is 0 Å². The third kappa shape index (κ3) is 3.88. The molecule has 0 radical (unpaired) electrons. The van der Waals surface area contributed by atoms with E-state index >= 15 is 0 Å². The van der Waals surface area contributed by atoms with Crippen molar-refractivity contribution in [2.24, 2.45) is 0 Å². The maximum absolute atomic E-state index is 11.0. The number of phenolic OH excluding ortho intramolecular Hbond substituents is 1. The monoisotopic (exact) mass is 399 g/mol. The number of pyridine rings is 1. The molecule has 0 atom stereocenters. The van der Waals surface area contributed by atoms with Gasteiger partial charge in [0.05, 0.1) is 0 Å². The lowest BCUT2D eigenvalue weighted by atomic mass is 9.78. The molecule has 0 amide bonds. The molecule has 0 bridgehead atoms. The lowest BCUT2D eigenvalue weighted by Gasteiger charge is -2.28. The van der Waals surface area contributed by atoms with Gasteiger partial charge in [0.2, 0.25) is 0 Å². The van der Waals surface area contributed by atoms with Gasteiger partial charge in [-0.25, -0.2) is 9.67 Å². The van der Waals surface area contributed by atoms with Crippen molar-refractivity contribution in [1.29, 1.82) is 0 Å². The molecule has 3 rings (SSSR count). The maximum Gasteiger partial charge on any atom is 0.158 e. The second kappa shape index (κ2) is 7.40. The van der Waals surface area contributed by atoms with Crippen LogP contribution >= 0.6 is 11.6 Å². The average Bonchev–Trinajstić information content (AvgIpc) is 2.97. The first kappa shape index (κ1) is 20.7. The summed E-state index contributed by atoms with van der Waals surface area (Å²) >= 11 is 5.90. The zero-order valence-electron chi connectivity index (χ0n) is 17.7. The molecule has 2 aromatic heterocycles. The molecule has 0 fully saturated rings. The number of fused-ring (bicyclic) bond motifs is 1. The standard InChI is InChI=1S/C23H30ClN3O/c1-22(2,3)17-13-15(14-18(20(17)28)23(4,5)6)19-16-9-7-11-25-21(16)27(26-19)12-8-10-24/h7,9,11,13-14,28H,8,10,12H2,1-6H3. The smallest absolute Gasteiger partial charge is 0.158 e. The molecule has 0 aliphatic heterocycles. The Morgan fingerprint density at radius 3 is 2.18 bits per heavy atom. The number of nitrogens with zero attached hydrogens (tertiary/aromatic N) is 3. The fourth-order valence-corrected chi connectivity index (χ4v) is 3.62. The molecule has 4 nitrogen and oxygen atoms in total. The van der Waals surface area contributed by atoms with Gasteiger partial charge < -0.3 is 5.11 Å². The zero-order chi connectivity index (χ0) is 20.7. The van der Waals surface area contributed by atoms with E-state index in [1.165, 1.54) is 0 Å². The minimum atomic E-state index is -0.185. The van der Waals surface area contributed by atoms with Crippen LogP contribution in [0.25, 0.3) is 22.3 Å². The summed E-state index contributed by atoms with van der Waals surface area (Å²) in [4.78, 5) is 4.55. The molecule has 1 aromatic carbocycles. The number of phenols is 1. The molecule has 1 N–H and O–H groups in total. The number of hydrogen-bond acceptors (Lipinski definition) is 3. The largest absolute Gasteiger partial charge is 0.507 e. The molecule has 28 heavy (non-hydrogen) atoms. The van der Waals surface area contributed by atoms with E-state index < -0.39 is 0 Å². The fourth-order valence-electron chi connectivity index (χ4n) is 3.50. The molecular formula is C23H30ClN3O. The highest BCUT2D eigenvalue weighted by Crippen LogP contribution is 2.42. The molecule has 150 valence electrons. The SMILES string of the molecule is CC(C)(C)c1cc(-c2nn(CCCCl)c3ncccc23)cc(C(C)(C)C)c1O. The number of rotatable bonds is 4. The van der Waals surface area contributed by atoms with Gasteiger partial charge in [-0.3, -0.25) is 0 Å². The highest BCUT2D eigenvalue weighted by molar-refractivity contribution is 6.17. The Balaban J connectivity index is 2.30. The van der Waals surface area contributed by atoms with Crippen molar-refractivity contribution < 1.29 is 5.11 Å². The Labute approximate surface area is 172 Å². The van der Waals surface area contributed by atoms with Crippen LogP contribution in [0.15, 0.2) is 30.5 Å². The van der Waals surface area contributed by atoms with E-state index in [0.29, 0.717) is 11.6 Å². The van der Waals surface area contributed by atoms with Gasteiger partial charge in [0.25, 0.3) is 0 Å². The molecule has 0 saturated carbocycles. The van der Waals surface area contributed by atoms with E-state index in [1.54, 1.807) is 6.20 Å². The summed E-state index contributed by atoms with van der Waals surface area (Å²) in [5, 5.41) is 16.9. The normalized spacial score (nSPS) is 12.7. The van der Waals surface area contributed by atoms with Crippen molar-refractivity contribution in [2.45, 2.75) is 65.3 Å². The number of hydrogen-bond donors (Lipinski definition) is 1. The van der Waals surface area contributed by atoms with Crippen LogP contribution in [0.1, 0.15) is 59.1 Å². The summed E-state index contributed by atoms with van der Waals surface area (Å²) in [6.07, 6.45) is 2.63. The third-order valence-corrected chi connectivity index (χ3v) is 5.28. The zero-order valence-corrected chi connectivity index (χ0v) is 18.4. The van der Waals surface area contributed by atoms with Crippen LogP contribution in [0.4, 0.5) is 0 Å². The summed E-state index contributed by atoms with van der Waals surface area (Å²) in [7, 11) is 0. The van der Waals surface area contributed by atoms with Gasteiger partial charge in [-0.2, -0.15) is 5.10 Å². The molecule has 2 heterocycles. The molecular weight excluding hydrogens is 370 g/mol. The lowest BCUT2D eigenvalue weighted by molar-refractivity contribution is 0.423. The van der Waals surface area contributed by atoms with Gasteiger partial charge in [-0.15, -0.1) is 11.6 Å². The molecule has 3 aromatic rings. The summed E-state index contributed by atoms with van der Waals surface area (Å²) in [5.74, 6) is 0.971. The minimum Gasteiger partial charge on any atom is -0.507 e. The number of benzene rings is 1. The molecule has 0 aliphatic carbocycles. The van der Waals surface area contributed by atoms with Crippen LogP contribution in [-0.2, 0) is 17.4 Å². The van der Waals surface area contributed by atoms with E-state index in [4.69, 9.17) is 16.7 Å². The Morgan fingerprint density at radius 2 is 1.64 bits per heavy atom. The number of alkyl halides is 1. The average molecular weight is 400 g/mol. The highest BCUT2D eigenvalue weighted by Gasteiger charge is 2.28. The molecule has 0 saturated heterocycles. The predicted molar refractivity (Wildman–Crippen MR) is 117 cm³/mol. The van der Waals surface area contributed by atoms with E-state index in [-0.39, 0.29) is 10.8 Å². The molecule has 0 aliphatic rings. The lowest BCUT2D eigenvalue weighted by Crippen LogP contribution is -2.17. The number of aromatic hydroxyl groups is 1. The molecule has 0 unspecified atom stereocenters. The minimum absolute atomic E-state index is 0.185. The topological polar surface area (TPSA) is 50.9 Å². The fraction of sp³-hybridized carbons (Fsp3) is 0.478. The summed E-state index contributed by atoms with van der Waals surface area (Å²) in [6.45, 7) is 13.5. The van der Waals surface area contributed by atoms with Crippen LogP contribution in [0.3, 0.4) is 0 Å². The van der Waals surface area contributed by atoms with Crippen molar-refractivity contribution in [3.05, 3.63) is 41.6 Å². The first-order valence-corrected chi connectivity index (χ1v) is 10.3. The van der Waals surface area contributed by atoms with E-state index in [9.17, 15) is 5.11 Å². The number of aromatic nitrogens is 3. The van der Waals surface area contributed by atoms with Gasteiger partial charge in [0.15, 0.2) is 5.65 Å². The van der Waals surface area contributed by atoms with Gasteiger partial charge in [-0.1, -0.05) is 41.5 Å². The Morgan fingerprint density at radius 1 is 1.04 bits per heavy atom. The van der Waals surface area contributed by atoms with Crippen LogP contribution in [0.2, 0.25) is 0 Å². The van der Waals surface area contributed by atoms with E-state index in [0.717, 1.165) is 46.4 Å². The van der Waals surface area contributed by atoms with Gasteiger partial charge in [-0.05, 0) is 41.5 Å². The van der Waals surface area contributed by atoms with Gasteiger partial charge in [0.1, 0.15) is 11.4 Å². The summed E-state index contributed by atoms with van der Waals surface area (Å²) in [6, 6.07) is 8.15. The third-order valence-electron chi connectivity index (χ3n) is 5.01. The Hall–Kier alpha value is -2.07. The second-order valence-electron chi connectivity index (χ2n) is 9.41. The summed E-state index contributed by atoms with van der Waals surface area (Å²) < 4.78 is 1.94. The van der Waals surface area contributed by atoms with E-state index in [1.807, 2.05) is 10.7 Å². The summed E-state index contributed by atoms with van der Waals surface area (Å²) in [5.41, 5.74) is 4.27. The molecule has 5 heteroatoms. The Bertz CT molecular complexity index is 958. The molecule has 0 spiro atoms. The quantitative estimate of drug-likeness (QED) is 0.545. The van der Waals surface area contributed by atoms with Crippen molar-refractivity contribution in [3.8, 4) is 17.0 Å². The maximum atomic E-state index is 11.0. The van der Waals surface area contributed by atoms with Crippen LogP contribution in [-0.4, -0.2) is 25.8 Å². The van der Waals surface area contributed by atoms with Gasteiger partial charge in [0, 0.05) is 40.7 Å². The van der Waals surface area contributed by atoms with Crippen molar-refractivity contribution >= 4 is 22.6 Å². The highest BCUT2D eigenvalue weighted by atomic mass is 35.5. The number of aryl methyl sites for hydroxylation is 1. The van der Waals surface area contributed by atoms with Crippen molar-refractivity contribution in [1.82, 2.24) is 14.8 Å². The van der Waals surface area contributed by atoms with E-state index in [2.05, 4.69) is 64.7 Å². The first-order valence-electron chi connectivity index (χ1n) is 9.80. The second-order valence-corrected chi connectivity index (χ2v) is 9.79. The van der Waals surface area contributed by atoms with Crippen LogP contribution < -0.4 is 0 Å². The van der Waals surface area contributed by atoms with Crippen molar-refractivity contribution in [3.63, 3.8) is 0 Å². The predicted octanol–water partition coefficient (Wildman–Crippen LogP) is 6.03. The van der Waals surface area contributed by atoms with Crippen LogP contribution in [0.5, 0.6) is 5.75 Å². The Kier molecular flexibility index (Phi) is 5.46.